The zero-order valence-electron chi connectivity index (χ0n) is 15.8. The number of rotatable bonds is 8. The van der Waals surface area contributed by atoms with Gasteiger partial charge in [0, 0.05) is 43.2 Å². The molecule has 0 fully saturated rings. The quantitative estimate of drug-likeness (QED) is 0.433. The van der Waals surface area contributed by atoms with Crippen molar-refractivity contribution >= 4 is 28.6 Å². The maximum Gasteiger partial charge on any atom is 0.226 e. The van der Waals surface area contributed by atoms with Crippen LogP contribution in [0.2, 0.25) is 0 Å². The van der Waals surface area contributed by atoms with Gasteiger partial charge < -0.3 is 24.9 Å². The van der Waals surface area contributed by atoms with Crippen LogP contribution in [0.25, 0.3) is 11.2 Å². The first-order chi connectivity index (χ1) is 13.8. The molecule has 9 heteroatoms. The first-order valence-electron chi connectivity index (χ1n) is 9.12. The number of imidazole rings is 2. The summed E-state index contributed by atoms with van der Waals surface area (Å²) in [5, 5.41) is 6.63. The van der Waals surface area contributed by atoms with E-state index in [9.17, 15) is 0 Å². The van der Waals surface area contributed by atoms with Crippen molar-refractivity contribution in [2.75, 3.05) is 24.3 Å². The molecule has 0 amide bonds. The standard InChI is InChI=1S/C19H22N8O/c1-3-27-12-23-16-17(24-13-5-4-6-15(9-13)28-2)25-19(26-18(16)27)21-8-7-14-10-20-11-22-14/h4-6,9-12H,3,7-8H2,1-2H3,(H,20,22)(H2,21,24,25,26). The third kappa shape index (κ3) is 3.73. The topological polar surface area (TPSA) is 106 Å². The van der Waals surface area contributed by atoms with Gasteiger partial charge in [-0.2, -0.15) is 9.97 Å². The summed E-state index contributed by atoms with van der Waals surface area (Å²) in [5.74, 6) is 1.97. The number of nitrogens with zero attached hydrogens (tertiary/aromatic N) is 5. The molecule has 0 aliphatic rings. The molecule has 144 valence electrons. The summed E-state index contributed by atoms with van der Waals surface area (Å²) in [7, 11) is 1.65. The van der Waals surface area contributed by atoms with Crippen LogP contribution in [0, 0.1) is 0 Å². The van der Waals surface area contributed by atoms with E-state index >= 15 is 0 Å². The molecule has 9 nitrogen and oxygen atoms in total. The molecule has 0 spiro atoms. The number of ether oxygens (including phenoxy) is 1. The van der Waals surface area contributed by atoms with Gasteiger partial charge >= 0.3 is 0 Å². The van der Waals surface area contributed by atoms with Crippen LogP contribution < -0.4 is 15.4 Å². The predicted molar refractivity (Wildman–Crippen MR) is 108 cm³/mol. The number of hydrogen-bond acceptors (Lipinski definition) is 7. The van der Waals surface area contributed by atoms with E-state index in [2.05, 4.69) is 42.5 Å². The van der Waals surface area contributed by atoms with Crippen molar-refractivity contribution in [3.8, 4) is 5.75 Å². The monoisotopic (exact) mass is 378 g/mol. The van der Waals surface area contributed by atoms with Gasteiger partial charge in [-0.05, 0) is 19.1 Å². The number of H-pyrrole nitrogens is 1. The van der Waals surface area contributed by atoms with E-state index < -0.39 is 0 Å². The van der Waals surface area contributed by atoms with Gasteiger partial charge in [0.1, 0.15) is 5.75 Å². The third-order valence-corrected chi connectivity index (χ3v) is 4.37. The van der Waals surface area contributed by atoms with Gasteiger partial charge in [0.25, 0.3) is 0 Å². The zero-order valence-corrected chi connectivity index (χ0v) is 15.8. The summed E-state index contributed by atoms with van der Waals surface area (Å²) in [6.45, 7) is 3.52. The van der Waals surface area contributed by atoms with Crippen molar-refractivity contribution in [2.24, 2.45) is 0 Å². The molecule has 1 aromatic carbocycles. The van der Waals surface area contributed by atoms with Crippen LogP contribution in [0.15, 0.2) is 43.1 Å². The fourth-order valence-corrected chi connectivity index (χ4v) is 2.91. The average molecular weight is 378 g/mol. The second-order valence-corrected chi connectivity index (χ2v) is 6.21. The lowest BCUT2D eigenvalue weighted by Gasteiger charge is -2.11. The van der Waals surface area contributed by atoms with Crippen molar-refractivity contribution in [1.29, 1.82) is 0 Å². The average Bonchev–Trinajstić information content (AvgIpc) is 3.38. The van der Waals surface area contributed by atoms with Crippen molar-refractivity contribution < 1.29 is 4.74 Å². The molecular formula is C19H22N8O. The minimum Gasteiger partial charge on any atom is -0.497 e. The SMILES string of the molecule is CCn1cnc2c(Nc3cccc(OC)c3)nc(NCCc3cnc[nH]3)nc21. The molecule has 0 bridgehead atoms. The Morgan fingerprint density at radius 1 is 1.25 bits per heavy atom. The number of aromatic amines is 1. The Morgan fingerprint density at radius 2 is 2.18 bits per heavy atom. The molecule has 0 saturated heterocycles. The summed E-state index contributed by atoms with van der Waals surface area (Å²) in [6.07, 6.45) is 6.07. The summed E-state index contributed by atoms with van der Waals surface area (Å²) in [6, 6.07) is 7.69. The summed E-state index contributed by atoms with van der Waals surface area (Å²) >= 11 is 0. The van der Waals surface area contributed by atoms with Crippen LogP contribution in [-0.4, -0.2) is 43.1 Å². The lowest BCUT2D eigenvalue weighted by atomic mass is 10.3. The summed E-state index contributed by atoms with van der Waals surface area (Å²) in [5.41, 5.74) is 3.44. The number of fused-ring (bicyclic) bond motifs is 1. The Morgan fingerprint density at radius 3 is 2.96 bits per heavy atom. The minimum absolute atomic E-state index is 0.549. The Hall–Kier alpha value is -3.62. The van der Waals surface area contributed by atoms with Gasteiger partial charge in [-0.1, -0.05) is 6.07 Å². The van der Waals surface area contributed by atoms with E-state index in [-0.39, 0.29) is 0 Å². The maximum atomic E-state index is 5.30. The lowest BCUT2D eigenvalue weighted by Crippen LogP contribution is -2.10. The highest BCUT2D eigenvalue weighted by Crippen LogP contribution is 2.26. The highest BCUT2D eigenvalue weighted by atomic mass is 16.5. The molecule has 28 heavy (non-hydrogen) atoms. The molecule has 0 unspecified atom stereocenters. The second kappa shape index (κ2) is 7.95. The van der Waals surface area contributed by atoms with Crippen LogP contribution in [0.5, 0.6) is 5.75 Å². The molecule has 0 atom stereocenters. The lowest BCUT2D eigenvalue weighted by molar-refractivity contribution is 0.415. The fourth-order valence-electron chi connectivity index (χ4n) is 2.91. The van der Waals surface area contributed by atoms with Gasteiger partial charge in [-0.15, -0.1) is 0 Å². The Bertz CT molecular complexity index is 1060. The number of aryl methyl sites for hydroxylation is 1. The normalized spacial score (nSPS) is 10.9. The van der Waals surface area contributed by atoms with E-state index in [1.165, 1.54) is 0 Å². The summed E-state index contributed by atoms with van der Waals surface area (Å²) < 4.78 is 7.29. The number of methoxy groups -OCH3 is 1. The van der Waals surface area contributed by atoms with Gasteiger partial charge in [-0.3, -0.25) is 0 Å². The number of benzene rings is 1. The first kappa shape index (κ1) is 17.8. The zero-order chi connectivity index (χ0) is 19.3. The van der Waals surface area contributed by atoms with Crippen molar-refractivity contribution in [1.82, 2.24) is 29.5 Å². The Balaban J connectivity index is 1.62. The minimum atomic E-state index is 0.549. The second-order valence-electron chi connectivity index (χ2n) is 6.21. The number of nitrogens with one attached hydrogen (secondary N) is 3. The van der Waals surface area contributed by atoms with Crippen LogP contribution in [-0.2, 0) is 13.0 Å². The molecule has 0 saturated carbocycles. The van der Waals surface area contributed by atoms with E-state index in [1.807, 2.05) is 35.0 Å². The Kier molecular flexibility index (Phi) is 5.05. The molecule has 3 N–H and O–H groups in total. The highest BCUT2D eigenvalue weighted by molar-refractivity contribution is 5.86. The third-order valence-electron chi connectivity index (χ3n) is 4.37. The largest absolute Gasteiger partial charge is 0.497 e. The molecule has 0 aliphatic heterocycles. The van der Waals surface area contributed by atoms with Crippen LogP contribution >= 0.6 is 0 Å². The van der Waals surface area contributed by atoms with Crippen LogP contribution in [0.1, 0.15) is 12.6 Å². The number of anilines is 3. The van der Waals surface area contributed by atoms with Gasteiger partial charge in [0.15, 0.2) is 17.0 Å². The van der Waals surface area contributed by atoms with Crippen molar-refractivity contribution in [2.45, 2.75) is 19.9 Å². The highest BCUT2D eigenvalue weighted by Gasteiger charge is 2.13. The van der Waals surface area contributed by atoms with E-state index in [1.54, 1.807) is 19.8 Å². The summed E-state index contributed by atoms with van der Waals surface area (Å²) in [4.78, 5) is 20.9. The molecule has 3 heterocycles. The van der Waals surface area contributed by atoms with E-state index in [0.29, 0.717) is 18.3 Å². The fraction of sp³-hybridized carbons (Fsp3) is 0.263. The number of hydrogen-bond donors (Lipinski definition) is 3. The Labute approximate surface area is 162 Å². The molecule has 0 radical (unpaired) electrons. The van der Waals surface area contributed by atoms with Crippen LogP contribution in [0.3, 0.4) is 0 Å². The number of aromatic nitrogens is 6. The van der Waals surface area contributed by atoms with Gasteiger partial charge in [0.2, 0.25) is 5.95 Å². The van der Waals surface area contributed by atoms with Gasteiger partial charge in [0.05, 0.1) is 19.8 Å². The van der Waals surface area contributed by atoms with Gasteiger partial charge in [-0.25, -0.2) is 9.97 Å². The maximum absolute atomic E-state index is 5.30. The van der Waals surface area contributed by atoms with Crippen molar-refractivity contribution in [3.05, 3.63) is 48.8 Å². The molecule has 4 rings (SSSR count). The molecular weight excluding hydrogens is 356 g/mol. The first-order valence-corrected chi connectivity index (χ1v) is 9.12. The van der Waals surface area contributed by atoms with Crippen molar-refractivity contribution in [3.63, 3.8) is 0 Å². The van der Waals surface area contributed by atoms with Crippen LogP contribution in [0.4, 0.5) is 17.5 Å². The smallest absolute Gasteiger partial charge is 0.226 e. The molecule has 3 aromatic heterocycles. The predicted octanol–water partition coefficient (Wildman–Crippen LogP) is 2.98. The molecule has 0 aliphatic carbocycles. The molecule has 4 aromatic rings. The van der Waals surface area contributed by atoms with E-state index in [4.69, 9.17) is 4.74 Å². The van der Waals surface area contributed by atoms with E-state index in [0.717, 1.165) is 41.3 Å².